The minimum Gasteiger partial charge on any atom is -0.489 e. The van der Waals surface area contributed by atoms with Crippen LogP contribution in [0, 0.1) is 12.3 Å². The molecule has 38 heavy (non-hydrogen) atoms. The minimum atomic E-state index is -3.56. The van der Waals surface area contributed by atoms with Gasteiger partial charge in [-0.05, 0) is 77.4 Å². The van der Waals surface area contributed by atoms with Crippen molar-refractivity contribution in [1.82, 2.24) is 9.97 Å². The number of anilines is 4. The molecule has 0 atom stereocenters. The number of benzene rings is 2. The first-order chi connectivity index (χ1) is 17.8. The van der Waals surface area contributed by atoms with Crippen molar-refractivity contribution < 1.29 is 13.2 Å². The average Bonchev–Trinajstić information content (AvgIpc) is 2.82. The van der Waals surface area contributed by atoms with E-state index in [1.807, 2.05) is 26.8 Å². The van der Waals surface area contributed by atoms with E-state index in [9.17, 15) is 8.42 Å². The van der Waals surface area contributed by atoms with E-state index >= 15 is 0 Å². The van der Waals surface area contributed by atoms with Gasteiger partial charge < -0.3 is 26.5 Å². The number of sulfone groups is 1. The largest absolute Gasteiger partial charge is 0.489 e. The number of aryl methyl sites for hydroxylation is 1. The molecule has 0 saturated carbocycles. The molecule has 1 aromatic heterocycles. The maximum absolute atomic E-state index is 12.9. The molecule has 0 aliphatic heterocycles. The van der Waals surface area contributed by atoms with Crippen LogP contribution in [0.2, 0.25) is 5.02 Å². The number of para-hydroxylation sites is 1. The number of nitrogens with one attached hydrogen (secondary N) is 3. The lowest BCUT2D eigenvalue weighted by Gasteiger charge is -2.19. The van der Waals surface area contributed by atoms with Crippen molar-refractivity contribution in [2.24, 2.45) is 5.73 Å². The van der Waals surface area contributed by atoms with E-state index in [-0.39, 0.29) is 33.5 Å². The van der Waals surface area contributed by atoms with Gasteiger partial charge in [0.1, 0.15) is 10.8 Å². The van der Waals surface area contributed by atoms with Crippen molar-refractivity contribution in [2.45, 2.75) is 57.8 Å². The van der Waals surface area contributed by atoms with Crippen molar-refractivity contribution >= 4 is 50.3 Å². The van der Waals surface area contributed by atoms with Crippen LogP contribution in [0.5, 0.6) is 5.75 Å². The second-order valence-corrected chi connectivity index (χ2v) is 12.2. The van der Waals surface area contributed by atoms with Crippen LogP contribution >= 0.6 is 11.6 Å². The highest BCUT2D eigenvalue weighted by Crippen LogP contribution is 2.34. The third-order valence-electron chi connectivity index (χ3n) is 5.41. The summed E-state index contributed by atoms with van der Waals surface area (Å²) in [5, 5.41) is 14.3. The molecule has 9 nitrogen and oxygen atoms in total. The van der Waals surface area contributed by atoms with Crippen LogP contribution in [0.25, 0.3) is 0 Å². The van der Waals surface area contributed by atoms with Gasteiger partial charge in [-0.3, -0.25) is 0 Å². The van der Waals surface area contributed by atoms with Crippen LogP contribution in [0.4, 0.5) is 23.1 Å². The summed E-state index contributed by atoms with van der Waals surface area (Å²) in [5.74, 6) is 0.981. The van der Waals surface area contributed by atoms with Gasteiger partial charge in [0, 0.05) is 11.3 Å². The lowest BCUT2D eigenvalue weighted by Crippen LogP contribution is -2.15. The summed E-state index contributed by atoms with van der Waals surface area (Å²) in [6, 6.07) is 10.2. The molecule has 2 aromatic carbocycles. The van der Waals surface area contributed by atoms with Crippen molar-refractivity contribution in [1.29, 1.82) is 5.41 Å². The normalized spacial score (nSPS) is 12.1. The van der Waals surface area contributed by atoms with Gasteiger partial charge in [0.2, 0.25) is 5.95 Å². The van der Waals surface area contributed by atoms with Crippen LogP contribution in [0.15, 0.2) is 59.3 Å². The highest BCUT2D eigenvalue weighted by atomic mass is 35.5. The lowest BCUT2D eigenvalue weighted by atomic mass is 10.0. The molecule has 0 saturated heterocycles. The summed E-state index contributed by atoms with van der Waals surface area (Å²) in [4.78, 5) is 8.93. The molecule has 0 aliphatic carbocycles. The quantitative estimate of drug-likeness (QED) is 0.218. The van der Waals surface area contributed by atoms with Gasteiger partial charge in [0.25, 0.3) is 0 Å². The molecule has 3 rings (SSSR count). The first-order valence-corrected chi connectivity index (χ1v) is 14.0. The molecule has 3 aromatic rings. The van der Waals surface area contributed by atoms with Crippen LogP contribution in [0.3, 0.4) is 0 Å². The SMILES string of the molecule is C/C(N)=C/C(=N)c1cc(Nc2ncc(Cl)c(Nc3ccccc3S(=O)(=O)C(C)C)n2)c(OC(C)C)cc1C. The third-order valence-corrected chi connectivity index (χ3v) is 7.90. The van der Waals surface area contributed by atoms with Gasteiger partial charge in [-0.25, -0.2) is 13.4 Å². The second kappa shape index (κ2) is 11.8. The van der Waals surface area contributed by atoms with Crippen LogP contribution < -0.4 is 21.1 Å². The summed E-state index contributed by atoms with van der Waals surface area (Å²) < 4.78 is 31.8. The zero-order chi connectivity index (χ0) is 28.2. The van der Waals surface area contributed by atoms with E-state index in [1.54, 1.807) is 57.2 Å². The number of nitrogens with two attached hydrogens (primary N) is 1. The number of aromatic nitrogens is 2. The van der Waals surface area contributed by atoms with Gasteiger partial charge in [0.05, 0.1) is 39.5 Å². The maximum atomic E-state index is 12.9. The summed E-state index contributed by atoms with van der Waals surface area (Å²) in [5.41, 5.74) is 8.96. The van der Waals surface area contributed by atoms with Crippen molar-refractivity contribution in [3.8, 4) is 5.75 Å². The number of hydrogen-bond acceptors (Lipinski definition) is 9. The Kier molecular flexibility index (Phi) is 9.01. The Hall–Kier alpha value is -3.63. The monoisotopic (exact) mass is 556 g/mol. The molecule has 1 heterocycles. The Balaban J connectivity index is 2.03. The van der Waals surface area contributed by atoms with Crippen LogP contribution in [-0.4, -0.2) is 35.5 Å². The zero-order valence-corrected chi connectivity index (χ0v) is 23.8. The molecule has 11 heteroatoms. The molecular weight excluding hydrogens is 524 g/mol. The van der Waals surface area contributed by atoms with E-state index in [0.717, 1.165) is 5.56 Å². The van der Waals surface area contributed by atoms with Crippen LogP contribution in [0.1, 0.15) is 45.7 Å². The maximum Gasteiger partial charge on any atom is 0.229 e. The molecule has 202 valence electrons. The predicted octanol–water partition coefficient (Wildman–Crippen LogP) is 6.13. The standard InChI is InChI=1S/C27H33ClN6O3S/c1-15(2)37-24-11-17(5)19(21(30)12-18(6)29)13-23(24)33-27-31-14-20(28)26(34-27)32-22-9-7-8-10-25(22)38(35,36)16(3)4/h7-16,30H,29H2,1-6H3,(H2,31,32,33,34)/b18-12-,30-21?. The van der Waals surface area contributed by atoms with E-state index in [4.69, 9.17) is 27.5 Å². The molecular formula is C27H33ClN6O3S. The van der Waals surface area contributed by atoms with E-state index in [1.165, 1.54) is 6.20 Å². The van der Waals surface area contributed by atoms with Gasteiger partial charge in [-0.15, -0.1) is 0 Å². The fraction of sp³-hybridized carbons (Fsp3) is 0.296. The van der Waals surface area contributed by atoms with Crippen molar-refractivity contribution in [3.05, 3.63) is 70.5 Å². The van der Waals surface area contributed by atoms with Crippen molar-refractivity contribution in [2.75, 3.05) is 10.6 Å². The Labute approximate surface area is 228 Å². The molecule has 0 bridgehead atoms. The molecule has 5 N–H and O–H groups in total. The van der Waals surface area contributed by atoms with Crippen molar-refractivity contribution in [3.63, 3.8) is 0 Å². The molecule has 0 radical (unpaired) electrons. The van der Waals surface area contributed by atoms with E-state index in [0.29, 0.717) is 28.4 Å². The second-order valence-electron chi connectivity index (χ2n) is 9.36. The molecule has 0 amide bonds. The number of halogens is 1. The molecule has 0 spiro atoms. The minimum absolute atomic E-state index is 0.103. The first-order valence-electron chi connectivity index (χ1n) is 12.0. The molecule has 0 fully saturated rings. The van der Waals surface area contributed by atoms with Crippen LogP contribution in [-0.2, 0) is 9.84 Å². The summed E-state index contributed by atoms with van der Waals surface area (Å²) >= 11 is 6.38. The fourth-order valence-electron chi connectivity index (χ4n) is 3.56. The average molecular weight is 557 g/mol. The van der Waals surface area contributed by atoms with Gasteiger partial charge in [0.15, 0.2) is 15.7 Å². The fourth-order valence-corrected chi connectivity index (χ4v) is 4.90. The number of hydrogen-bond donors (Lipinski definition) is 4. The predicted molar refractivity (Wildman–Crippen MR) is 154 cm³/mol. The summed E-state index contributed by atoms with van der Waals surface area (Å²) in [7, 11) is -3.56. The van der Waals surface area contributed by atoms with Gasteiger partial charge in [-0.2, -0.15) is 4.98 Å². The van der Waals surface area contributed by atoms with E-state index < -0.39 is 15.1 Å². The topological polar surface area (TPSA) is 143 Å². The Morgan fingerprint density at radius 2 is 1.82 bits per heavy atom. The van der Waals surface area contributed by atoms with Gasteiger partial charge in [-0.1, -0.05) is 23.7 Å². The Morgan fingerprint density at radius 1 is 1.13 bits per heavy atom. The summed E-state index contributed by atoms with van der Waals surface area (Å²) in [6.45, 7) is 10.7. The lowest BCUT2D eigenvalue weighted by molar-refractivity contribution is 0.243. The first kappa shape index (κ1) is 28.9. The molecule has 0 unspecified atom stereocenters. The smallest absolute Gasteiger partial charge is 0.229 e. The number of rotatable bonds is 10. The van der Waals surface area contributed by atoms with E-state index in [2.05, 4.69) is 20.6 Å². The van der Waals surface area contributed by atoms with Gasteiger partial charge >= 0.3 is 0 Å². The Morgan fingerprint density at radius 3 is 2.45 bits per heavy atom. The number of nitrogens with zero attached hydrogens (tertiary/aromatic N) is 2. The highest BCUT2D eigenvalue weighted by Gasteiger charge is 2.23. The zero-order valence-electron chi connectivity index (χ0n) is 22.3. The number of allylic oxidation sites excluding steroid dienone is 2. The summed E-state index contributed by atoms with van der Waals surface area (Å²) in [6.07, 6.45) is 2.90. The third kappa shape index (κ3) is 6.81. The number of ether oxygens (including phenoxy) is 1. The molecule has 0 aliphatic rings. The highest BCUT2D eigenvalue weighted by molar-refractivity contribution is 7.92. The Bertz CT molecular complexity index is 1480.